The molecule has 2 fully saturated rings. The van der Waals surface area contributed by atoms with E-state index in [1.165, 1.54) is 5.39 Å². The summed E-state index contributed by atoms with van der Waals surface area (Å²) in [4.78, 5) is 37.2. The van der Waals surface area contributed by atoms with Crippen LogP contribution in [0, 0.1) is 0 Å². The van der Waals surface area contributed by atoms with Gasteiger partial charge in [0.05, 0.1) is 4.88 Å². The Kier molecular flexibility index (Phi) is 5.83. The molecule has 32 heavy (non-hydrogen) atoms. The van der Waals surface area contributed by atoms with Gasteiger partial charge in [-0.25, -0.2) is 4.98 Å². The summed E-state index contributed by atoms with van der Waals surface area (Å²) in [5.41, 5.74) is 1.14. The first kappa shape index (κ1) is 20.9. The highest BCUT2D eigenvalue weighted by atomic mass is 32.1. The van der Waals surface area contributed by atoms with Crippen LogP contribution in [0.25, 0.3) is 10.1 Å². The first-order valence-electron chi connectivity index (χ1n) is 11.3. The van der Waals surface area contributed by atoms with Gasteiger partial charge in [0.2, 0.25) is 5.91 Å². The number of hydrogen-bond donors (Lipinski definition) is 0. The number of carbonyl (C=O) groups is 2. The van der Waals surface area contributed by atoms with E-state index in [2.05, 4.69) is 22.0 Å². The van der Waals surface area contributed by atoms with Gasteiger partial charge >= 0.3 is 0 Å². The number of amides is 2. The van der Waals surface area contributed by atoms with Gasteiger partial charge in [-0.2, -0.15) is 0 Å². The fraction of sp³-hybridized carbons (Fsp3) is 0.400. The first-order chi connectivity index (χ1) is 15.6. The molecule has 0 bridgehead atoms. The fourth-order valence-corrected chi connectivity index (χ4v) is 6.20. The minimum absolute atomic E-state index is 0.113. The Labute approximate surface area is 192 Å². The third-order valence-electron chi connectivity index (χ3n) is 6.63. The summed E-state index contributed by atoms with van der Waals surface area (Å²) in [6, 6.07) is 14.3. The van der Waals surface area contributed by atoms with Crippen molar-refractivity contribution in [2.24, 2.45) is 0 Å². The van der Waals surface area contributed by atoms with Gasteiger partial charge in [-0.1, -0.05) is 24.3 Å². The van der Waals surface area contributed by atoms with Crippen LogP contribution in [0.15, 0.2) is 48.7 Å². The van der Waals surface area contributed by atoms with Gasteiger partial charge in [0.25, 0.3) is 5.91 Å². The molecule has 5 rings (SSSR count). The van der Waals surface area contributed by atoms with Gasteiger partial charge in [-0.15, -0.1) is 11.3 Å². The number of nitrogens with zero attached hydrogens (tertiary/aromatic N) is 4. The zero-order valence-corrected chi connectivity index (χ0v) is 19.2. The van der Waals surface area contributed by atoms with Crippen molar-refractivity contribution < 1.29 is 9.59 Å². The van der Waals surface area contributed by atoms with Crippen LogP contribution >= 0.6 is 11.3 Å². The van der Waals surface area contributed by atoms with Gasteiger partial charge in [-0.05, 0) is 42.0 Å². The molecule has 0 radical (unpaired) electrons. The van der Waals surface area contributed by atoms with Gasteiger partial charge in [0.15, 0.2) is 0 Å². The van der Waals surface area contributed by atoms with Crippen LogP contribution in [-0.4, -0.2) is 65.9 Å². The molecule has 2 aromatic heterocycles. The summed E-state index contributed by atoms with van der Waals surface area (Å²) >= 11 is 1.61. The van der Waals surface area contributed by atoms with Crippen LogP contribution in [0.5, 0.6) is 0 Å². The molecule has 7 heteroatoms. The molecule has 3 aromatic rings. The zero-order valence-electron chi connectivity index (χ0n) is 18.4. The summed E-state index contributed by atoms with van der Waals surface area (Å²) in [6.45, 7) is 6.21. The molecule has 6 nitrogen and oxygen atoms in total. The molecule has 0 saturated carbocycles. The molecule has 0 aliphatic carbocycles. The van der Waals surface area contributed by atoms with Crippen molar-refractivity contribution in [1.29, 1.82) is 0 Å². The minimum atomic E-state index is 0.113. The number of rotatable bonds is 3. The Bertz CT molecular complexity index is 1130. The van der Waals surface area contributed by atoms with Gasteiger partial charge in [0, 0.05) is 63.0 Å². The van der Waals surface area contributed by atoms with Crippen LogP contribution in [0.3, 0.4) is 0 Å². The Morgan fingerprint density at radius 2 is 1.81 bits per heavy atom. The monoisotopic (exact) mass is 448 g/mol. The van der Waals surface area contributed by atoms with Crippen molar-refractivity contribution in [3.05, 3.63) is 59.1 Å². The topological polar surface area (TPSA) is 56.8 Å². The Morgan fingerprint density at radius 1 is 0.969 bits per heavy atom. The smallest absolute Gasteiger partial charge is 0.264 e. The molecule has 1 atom stereocenters. The summed E-state index contributed by atoms with van der Waals surface area (Å²) in [5.74, 6) is 1.43. The second-order valence-electron chi connectivity index (χ2n) is 8.61. The van der Waals surface area contributed by atoms with E-state index >= 15 is 0 Å². The largest absolute Gasteiger partial charge is 0.355 e. The lowest BCUT2D eigenvalue weighted by Gasteiger charge is -2.23. The van der Waals surface area contributed by atoms with E-state index in [0.717, 1.165) is 60.0 Å². The molecule has 2 saturated heterocycles. The molecule has 0 N–H and O–H groups in total. The summed E-state index contributed by atoms with van der Waals surface area (Å²) in [7, 11) is 0. The maximum Gasteiger partial charge on any atom is 0.264 e. The molecule has 0 unspecified atom stereocenters. The second-order valence-corrected chi connectivity index (χ2v) is 9.66. The average Bonchev–Trinajstić information content (AvgIpc) is 3.37. The maximum atomic E-state index is 13.8. The Morgan fingerprint density at radius 3 is 2.59 bits per heavy atom. The number of hydrogen-bond acceptors (Lipinski definition) is 5. The first-order valence-corrected chi connectivity index (χ1v) is 12.2. The average molecular weight is 449 g/mol. The van der Waals surface area contributed by atoms with Crippen LogP contribution in [0.1, 0.15) is 40.9 Å². The zero-order chi connectivity index (χ0) is 22.1. The van der Waals surface area contributed by atoms with E-state index in [4.69, 9.17) is 0 Å². The number of benzene rings is 1. The summed E-state index contributed by atoms with van der Waals surface area (Å²) < 4.78 is 1.15. The number of likely N-dealkylation sites (tertiary alicyclic amines) is 1. The van der Waals surface area contributed by atoms with E-state index in [-0.39, 0.29) is 17.7 Å². The molecular weight excluding hydrogens is 420 g/mol. The van der Waals surface area contributed by atoms with Crippen LogP contribution < -0.4 is 4.90 Å². The molecule has 0 spiro atoms. The third-order valence-corrected chi connectivity index (χ3v) is 7.80. The summed E-state index contributed by atoms with van der Waals surface area (Å²) in [6.07, 6.45) is 3.65. The number of anilines is 1. The Balaban J connectivity index is 1.42. The highest BCUT2D eigenvalue weighted by molar-refractivity contribution is 7.21. The lowest BCUT2D eigenvalue weighted by Crippen LogP contribution is -2.35. The predicted molar refractivity (Wildman–Crippen MR) is 128 cm³/mol. The number of carbonyl (C=O) groups excluding carboxylic acids is 2. The Hall–Kier alpha value is -2.93. The SMILES string of the molecule is CC(=O)N1CC[C@@H](c2c(C(=O)N3CCCN(c4ccccn4)CC3)sc3ccccc23)C1. The lowest BCUT2D eigenvalue weighted by atomic mass is 9.94. The van der Waals surface area contributed by atoms with E-state index in [0.29, 0.717) is 13.1 Å². The minimum Gasteiger partial charge on any atom is -0.355 e. The van der Waals surface area contributed by atoms with Gasteiger partial charge in [0.1, 0.15) is 5.82 Å². The van der Waals surface area contributed by atoms with E-state index < -0.39 is 0 Å². The van der Waals surface area contributed by atoms with Crippen molar-refractivity contribution in [2.45, 2.75) is 25.7 Å². The molecule has 1 aromatic carbocycles. The lowest BCUT2D eigenvalue weighted by molar-refractivity contribution is -0.127. The molecule has 2 amide bonds. The number of pyridine rings is 1. The van der Waals surface area contributed by atoms with Crippen molar-refractivity contribution in [3.8, 4) is 0 Å². The normalized spacial score (nSPS) is 19.4. The number of aromatic nitrogens is 1. The summed E-state index contributed by atoms with van der Waals surface area (Å²) in [5, 5.41) is 1.17. The van der Waals surface area contributed by atoms with Crippen molar-refractivity contribution in [3.63, 3.8) is 0 Å². The molecule has 166 valence electrons. The highest BCUT2D eigenvalue weighted by Crippen LogP contribution is 2.40. The van der Waals surface area contributed by atoms with E-state index in [1.54, 1.807) is 18.3 Å². The third kappa shape index (κ3) is 3.97. The highest BCUT2D eigenvalue weighted by Gasteiger charge is 2.33. The van der Waals surface area contributed by atoms with Crippen LogP contribution in [0.2, 0.25) is 0 Å². The second kappa shape index (κ2) is 8.90. The molecule has 2 aliphatic rings. The number of fused-ring (bicyclic) bond motifs is 1. The van der Waals surface area contributed by atoms with Crippen molar-refractivity contribution in [2.75, 3.05) is 44.2 Å². The van der Waals surface area contributed by atoms with Crippen molar-refractivity contribution >= 4 is 39.1 Å². The van der Waals surface area contributed by atoms with E-state index in [1.807, 2.05) is 46.3 Å². The predicted octanol–water partition coefficient (Wildman–Crippen LogP) is 3.98. The maximum absolute atomic E-state index is 13.8. The van der Waals surface area contributed by atoms with Crippen LogP contribution in [-0.2, 0) is 4.79 Å². The van der Waals surface area contributed by atoms with Crippen molar-refractivity contribution in [1.82, 2.24) is 14.8 Å². The van der Waals surface area contributed by atoms with E-state index in [9.17, 15) is 9.59 Å². The standard InChI is InChI=1S/C25H28N4O2S/c1-18(30)29-14-10-19(17-29)23-20-7-2-3-8-21(20)32-24(23)25(31)28-13-6-12-27(15-16-28)22-9-4-5-11-26-22/h2-5,7-9,11,19H,6,10,12-17H2,1H3/t19-/m1/s1. The van der Waals surface area contributed by atoms with Gasteiger partial charge < -0.3 is 14.7 Å². The van der Waals surface area contributed by atoms with Gasteiger partial charge in [-0.3, -0.25) is 9.59 Å². The number of thiophene rings is 1. The van der Waals surface area contributed by atoms with Crippen LogP contribution in [0.4, 0.5) is 5.82 Å². The fourth-order valence-electron chi connectivity index (χ4n) is 4.95. The quantitative estimate of drug-likeness (QED) is 0.608. The molecule has 4 heterocycles. The molecule has 2 aliphatic heterocycles. The molecular formula is C25H28N4O2S.